The lowest BCUT2D eigenvalue weighted by atomic mass is 10.2. The maximum atomic E-state index is 4.71. The summed E-state index contributed by atoms with van der Waals surface area (Å²) in [7, 11) is 0. The molecule has 0 atom stereocenters. The summed E-state index contributed by atoms with van der Waals surface area (Å²) >= 11 is 3.61. The number of allylic oxidation sites excluding steroid dienone is 2. The van der Waals surface area contributed by atoms with Gasteiger partial charge in [0.25, 0.3) is 0 Å². The van der Waals surface area contributed by atoms with Crippen LogP contribution in [0.1, 0.15) is 23.1 Å². The van der Waals surface area contributed by atoms with Gasteiger partial charge in [-0.05, 0) is 56.2 Å². The predicted octanol–water partition coefficient (Wildman–Crippen LogP) is 6.40. The maximum absolute atomic E-state index is 4.71. The number of anilines is 1. The summed E-state index contributed by atoms with van der Waals surface area (Å²) in [5, 5.41) is 2.33. The monoisotopic (exact) mass is 364 g/mol. The molecule has 0 saturated heterocycles. The largest absolute Gasteiger partial charge is 0.335 e. The van der Waals surface area contributed by atoms with Crippen molar-refractivity contribution in [3.05, 3.63) is 69.7 Å². The highest BCUT2D eigenvalue weighted by Crippen LogP contribution is 2.47. The van der Waals surface area contributed by atoms with E-state index in [1.807, 2.05) is 11.8 Å². The molecule has 0 fully saturated rings. The molecule has 0 N–H and O–H groups in total. The van der Waals surface area contributed by atoms with Gasteiger partial charge in [-0.3, -0.25) is 0 Å². The second-order valence-corrected chi connectivity index (χ2v) is 8.17. The number of hydrogen-bond acceptors (Lipinski definition) is 4. The van der Waals surface area contributed by atoms with Gasteiger partial charge in [0.2, 0.25) is 0 Å². The van der Waals surface area contributed by atoms with Crippen molar-refractivity contribution in [1.82, 2.24) is 4.98 Å². The molecule has 0 unspecified atom stereocenters. The van der Waals surface area contributed by atoms with Crippen LogP contribution < -0.4 is 4.90 Å². The fraction of sp³-hybridized carbons (Fsp3) is 0.190. The molecule has 3 aromatic rings. The van der Waals surface area contributed by atoms with E-state index in [1.54, 1.807) is 11.3 Å². The van der Waals surface area contributed by atoms with Crippen LogP contribution in [-0.2, 0) is 0 Å². The van der Waals surface area contributed by atoms with E-state index in [-0.39, 0.29) is 0 Å². The minimum Gasteiger partial charge on any atom is -0.335 e. The lowest BCUT2D eigenvalue weighted by Crippen LogP contribution is -2.16. The normalized spacial score (nSPS) is 15.6. The van der Waals surface area contributed by atoms with Crippen molar-refractivity contribution >= 4 is 45.1 Å². The third-order valence-electron chi connectivity index (χ3n) is 4.38. The smallest absolute Gasteiger partial charge is 0.117 e. The van der Waals surface area contributed by atoms with Crippen LogP contribution in [0.3, 0.4) is 0 Å². The molecule has 0 aliphatic carbocycles. The molecule has 4 rings (SSSR count). The summed E-state index contributed by atoms with van der Waals surface area (Å²) in [4.78, 5) is 8.46. The van der Waals surface area contributed by atoms with Crippen molar-refractivity contribution < 1.29 is 0 Å². The fourth-order valence-electron chi connectivity index (χ4n) is 3.10. The van der Waals surface area contributed by atoms with E-state index in [2.05, 4.69) is 80.3 Å². The lowest BCUT2D eigenvalue weighted by Gasteiger charge is -2.17. The topological polar surface area (TPSA) is 16.1 Å². The number of hydrogen-bond donors (Lipinski definition) is 0. The summed E-state index contributed by atoms with van der Waals surface area (Å²) in [6, 6.07) is 12.8. The summed E-state index contributed by atoms with van der Waals surface area (Å²) in [6.45, 7) is 7.50. The first kappa shape index (κ1) is 16.4. The number of nitrogens with zero attached hydrogens (tertiary/aromatic N) is 2. The molecular formula is C21H20N2S2. The Hall–Kier alpha value is -2.04. The molecule has 4 heteroatoms. The van der Waals surface area contributed by atoms with Gasteiger partial charge in [0.15, 0.2) is 0 Å². The molecule has 0 bridgehead atoms. The van der Waals surface area contributed by atoms with Crippen molar-refractivity contribution in [2.45, 2.75) is 25.7 Å². The Labute approximate surface area is 156 Å². The Kier molecular flexibility index (Phi) is 4.40. The average Bonchev–Trinajstić information content (AvgIpc) is 3.17. The van der Waals surface area contributed by atoms with E-state index in [0.717, 1.165) is 17.1 Å². The molecule has 1 aromatic heterocycles. The van der Waals surface area contributed by atoms with Gasteiger partial charge >= 0.3 is 0 Å². The Morgan fingerprint density at radius 3 is 2.68 bits per heavy atom. The second kappa shape index (κ2) is 6.70. The fourth-order valence-corrected chi connectivity index (χ4v) is 5.25. The van der Waals surface area contributed by atoms with E-state index in [0.29, 0.717) is 0 Å². The minimum atomic E-state index is 0.976. The number of benzene rings is 2. The first-order valence-corrected chi connectivity index (χ1v) is 10.1. The molecule has 0 spiro atoms. The first-order valence-electron chi connectivity index (χ1n) is 8.47. The van der Waals surface area contributed by atoms with Gasteiger partial charge in [-0.25, -0.2) is 4.98 Å². The highest BCUT2D eigenvalue weighted by Gasteiger charge is 2.24. The van der Waals surface area contributed by atoms with Crippen LogP contribution in [0.25, 0.3) is 16.3 Å². The molecular weight excluding hydrogens is 344 g/mol. The molecule has 0 saturated carbocycles. The quantitative estimate of drug-likeness (QED) is 0.535. The van der Waals surface area contributed by atoms with Crippen LogP contribution in [0, 0.1) is 13.8 Å². The average molecular weight is 365 g/mol. The van der Waals surface area contributed by atoms with Crippen LogP contribution in [0.4, 0.5) is 5.69 Å². The number of aromatic nitrogens is 1. The standard InChI is InChI=1S/C21H20N2S2/c1-4-23-17-11-6-9-15(3)21(17)25-19(23)13-7-12-18-22-16-10-5-8-14(2)20(16)24-18/h5-13H,4H2,1-3H3/b12-7+,19-13-. The Morgan fingerprint density at radius 2 is 1.88 bits per heavy atom. The number of rotatable bonds is 3. The highest BCUT2D eigenvalue weighted by molar-refractivity contribution is 8.03. The van der Waals surface area contributed by atoms with Crippen molar-refractivity contribution in [3.63, 3.8) is 0 Å². The molecule has 2 heterocycles. The summed E-state index contributed by atoms with van der Waals surface area (Å²) in [6.07, 6.45) is 6.44. The Balaban J connectivity index is 1.62. The van der Waals surface area contributed by atoms with Gasteiger partial charge < -0.3 is 4.90 Å². The highest BCUT2D eigenvalue weighted by atomic mass is 32.2. The first-order chi connectivity index (χ1) is 12.2. The zero-order chi connectivity index (χ0) is 17.4. The number of thioether (sulfide) groups is 1. The van der Waals surface area contributed by atoms with E-state index in [4.69, 9.17) is 4.98 Å². The van der Waals surface area contributed by atoms with Crippen LogP contribution in [0.15, 0.2) is 58.5 Å². The molecule has 2 aromatic carbocycles. The minimum absolute atomic E-state index is 0.976. The van der Waals surface area contributed by atoms with Crippen LogP contribution in [0.2, 0.25) is 0 Å². The van der Waals surface area contributed by atoms with Crippen molar-refractivity contribution in [1.29, 1.82) is 0 Å². The third-order valence-corrected chi connectivity index (χ3v) is 6.85. The van der Waals surface area contributed by atoms with Gasteiger partial charge in [0.1, 0.15) is 5.01 Å². The van der Waals surface area contributed by atoms with Gasteiger partial charge in [-0.1, -0.05) is 42.1 Å². The Bertz CT molecular complexity index is 998. The Morgan fingerprint density at radius 1 is 1.08 bits per heavy atom. The molecule has 1 aliphatic heterocycles. The van der Waals surface area contributed by atoms with Gasteiger partial charge in [-0.15, -0.1) is 11.3 Å². The van der Waals surface area contributed by atoms with Crippen molar-refractivity contribution in [2.24, 2.45) is 0 Å². The number of fused-ring (bicyclic) bond motifs is 2. The summed E-state index contributed by atoms with van der Waals surface area (Å²) < 4.78 is 1.28. The SMILES string of the molecule is CCN1/C(=C/C=C/c2nc3cccc(C)c3s2)Sc2c(C)cccc21. The maximum Gasteiger partial charge on any atom is 0.117 e. The predicted molar refractivity (Wildman–Crippen MR) is 112 cm³/mol. The van der Waals surface area contributed by atoms with Crippen LogP contribution >= 0.6 is 23.1 Å². The van der Waals surface area contributed by atoms with Gasteiger partial charge in [0.05, 0.1) is 20.9 Å². The van der Waals surface area contributed by atoms with Crippen LogP contribution in [-0.4, -0.2) is 11.5 Å². The van der Waals surface area contributed by atoms with Gasteiger partial charge in [0, 0.05) is 11.4 Å². The third kappa shape index (κ3) is 3.00. The number of thiazole rings is 1. The lowest BCUT2D eigenvalue weighted by molar-refractivity contribution is 0.999. The van der Waals surface area contributed by atoms with E-state index in [9.17, 15) is 0 Å². The van der Waals surface area contributed by atoms with Gasteiger partial charge in [-0.2, -0.15) is 0 Å². The van der Waals surface area contributed by atoms with E-state index < -0.39 is 0 Å². The zero-order valence-electron chi connectivity index (χ0n) is 14.6. The summed E-state index contributed by atoms with van der Waals surface area (Å²) in [5.41, 5.74) is 5.05. The van der Waals surface area contributed by atoms with Crippen LogP contribution in [0.5, 0.6) is 0 Å². The second-order valence-electron chi connectivity index (χ2n) is 6.11. The van der Waals surface area contributed by atoms with E-state index in [1.165, 1.54) is 31.4 Å². The molecule has 0 amide bonds. The molecule has 2 nitrogen and oxygen atoms in total. The molecule has 126 valence electrons. The number of aryl methyl sites for hydroxylation is 2. The summed E-state index contributed by atoms with van der Waals surface area (Å²) in [5.74, 6) is 0. The molecule has 25 heavy (non-hydrogen) atoms. The zero-order valence-corrected chi connectivity index (χ0v) is 16.2. The molecule has 0 radical (unpaired) electrons. The van der Waals surface area contributed by atoms with Crippen molar-refractivity contribution in [2.75, 3.05) is 11.4 Å². The molecule has 1 aliphatic rings. The van der Waals surface area contributed by atoms with Crippen molar-refractivity contribution in [3.8, 4) is 0 Å². The van der Waals surface area contributed by atoms with E-state index >= 15 is 0 Å².